The van der Waals surface area contributed by atoms with Crippen LogP contribution in [-0.2, 0) is 23.9 Å². The fraction of sp³-hybridized carbons (Fsp3) is 0.333. The predicted octanol–water partition coefficient (Wildman–Crippen LogP) is 2.41. The van der Waals surface area contributed by atoms with Crippen LogP contribution in [0.1, 0.15) is 29.3 Å². The van der Waals surface area contributed by atoms with Crippen LogP contribution in [0.3, 0.4) is 0 Å². The summed E-state index contributed by atoms with van der Waals surface area (Å²) in [4.78, 5) is 12.0. The van der Waals surface area contributed by atoms with E-state index in [1.165, 1.54) is 0 Å². The highest BCUT2D eigenvalue weighted by Gasteiger charge is 2.33. The summed E-state index contributed by atoms with van der Waals surface area (Å²) in [6.45, 7) is -0.291. The number of fused-ring (bicyclic) bond motifs is 1. The average Bonchev–Trinajstić information content (AvgIpc) is 3.07. The minimum atomic E-state index is -4.52. The number of hydrogen-bond donors (Lipinski definition) is 2. The Morgan fingerprint density at radius 2 is 2.17 bits per heavy atom. The summed E-state index contributed by atoms with van der Waals surface area (Å²) < 4.78 is 38.4. The third-order valence-corrected chi connectivity index (χ3v) is 3.82. The molecule has 23 heavy (non-hydrogen) atoms. The lowest BCUT2D eigenvalue weighted by Crippen LogP contribution is -2.30. The first-order chi connectivity index (χ1) is 10.8. The highest BCUT2D eigenvalue weighted by atomic mass is 19.4. The number of aromatic hydroxyl groups is 1. The van der Waals surface area contributed by atoms with Gasteiger partial charge in [-0.25, -0.2) is 0 Å². The van der Waals surface area contributed by atoms with Crippen LogP contribution in [0.25, 0.3) is 0 Å². The van der Waals surface area contributed by atoms with Gasteiger partial charge in [-0.2, -0.15) is 18.3 Å². The van der Waals surface area contributed by atoms with Crippen molar-refractivity contribution in [2.24, 2.45) is 0 Å². The van der Waals surface area contributed by atoms with Crippen molar-refractivity contribution in [2.75, 3.05) is 0 Å². The van der Waals surface area contributed by atoms with Crippen LogP contribution < -0.4 is 5.32 Å². The molecule has 0 unspecified atom stereocenters. The Morgan fingerprint density at radius 1 is 1.39 bits per heavy atom. The fourth-order valence-electron chi connectivity index (χ4n) is 2.77. The van der Waals surface area contributed by atoms with Crippen LogP contribution in [0.2, 0.25) is 0 Å². The largest absolute Gasteiger partial charge is 0.508 e. The molecule has 0 radical (unpaired) electrons. The lowest BCUT2D eigenvalue weighted by molar-refractivity contribution is -0.141. The molecule has 2 aromatic rings. The Morgan fingerprint density at radius 3 is 2.87 bits per heavy atom. The maximum absolute atomic E-state index is 12.5. The van der Waals surface area contributed by atoms with Crippen molar-refractivity contribution >= 4 is 5.91 Å². The number of phenolic OH excluding ortho intramolecular Hbond substituents is 1. The molecule has 8 heteroatoms. The normalized spacial score (nSPS) is 17.1. The summed E-state index contributed by atoms with van der Waals surface area (Å²) in [5.41, 5.74) is 0.618. The maximum Gasteiger partial charge on any atom is 0.435 e. The van der Waals surface area contributed by atoms with Crippen molar-refractivity contribution in [3.63, 3.8) is 0 Å². The number of carbonyl (C=O) groups is 1. The molecule has 2 N–H and O–H groups in total. The molecule has 0 saturated carbocycles. The maximum atomic E-state index is 12.5. The number of hydrogen-bond acceptors (Lipinski definition) is 3. The van der Waals surface area contributed by atoms with E-state index < -0.39 is 17.8 Å². The van der Waals surface area contributed by atoms with Crippen LogP contribution in [0.4, 0.5) is 13.2 Å². The van der Waals surface area contributed by atoms with Gasteiger partial charge in [0.25, 0.3) is 0 Å². The highest BCUT2D eigenvalue weighted by molar-refractivity contribution is 5.76. The first kappa shape index (κ1) is 15.4. The van der Waals surface area contributed by atoms with E-state index in [2.05, 4.69) is 10.4 Å². The molecular weight excluding hydrogens is 311 g/mol. The van der Waals surface area contributed by atoms with Gasteiger partial charge in [-0.05, 0) is 36.1 Å². The van der Waals surface area contributed by atoms with Crippen molar-refractivity contribution in [1.82, 2.24) is 15.1 Å². The van der Waals surface area contributed by atoms with Gasteiger partial charge in [-0.1, -0.05) is 12.1 Å². The standard InChI is InChI=1S/C15H14F3N3O2/c16-15(17,18)13-6-7-21(20-13)8-14(23)19-11-5-4-10-9(11)2-1-3-12(10)22/h1-3,6-7,11,22H,4-5,8H2,(H,19,23)/t11-/m1/s1. The molecule has 0 bridgehead atoms. The minimum Gasteiger partial charge on any atom is -0.508 e. The molecule has 5 nitrogen and oxygen atoms in total. The molecule has 1 aliphatic carbocycles. The first-order valence-corrected chi connectivity index (χ1v) is 7.05. The second kappa shape index (κ2) is 5.60. The Labute approximate surface area is 129 Å². The van der Waals surface area contributed by atoms with Gasteiger partial charge in [-0.15, -0.1) is 0 Å². The first-order valence-electron chi connectivity index (χ1n) is 7.05. The second-order valence-electron chi connectivity index (χ2n) is 5.40. The number of nitrogens with one attached hydrogen (secondary N) is 1. The number of amides is 1. The summed E-state index contributed by atoms with van der Waals surface area (Å²) in [5.74, 6) is -0.232. The molecule has 0 spiro atoms. The lowest BCUT2D eigenvalue weighted by atomic mass is 10.1. The molecule has 1 heterocycles. The van der Waals surface area contributed by atoms with E-state index in [1.807, 2.05) is 6.07 Å². The second-order valence-corrected chi connectivity index (χ2v) is 5.40. The zero-order valence-electron chi connectivity index (χ0n) is 12.0. The van der Waals surface area contributed by atoms with E-state index >= 15 is 0 Å². The zero-order valence-corrected chi connectivity index (χ0v) is 12.0. The Hall–Kier alpha value is -2.51. The number of rotatable bonds is 3. The van der Waals surface area contributed by atoms with Crippen molar-refractivity contribution in [3.8, 4) is 5.75 Å². The number of aromatic nitrogens is 2. The van der Waals surface area contributed by atoms with Crippen LogP contribution >= 0.6 is 0 Å². The van der Waals surface area contributed by atoms with Gasteiger partial charge in [0.15, 0.2) is 5.69 Å². The predicted molar refractivity (Wildman–Crippen MR) is 74.5 cm³/mol. The fourth-order valence-corrected chi connectivity index (χ4v) is 2.77. The molecule has 1 atom stereocenters. The van der Waals surface area contributed by atoms with E-state index in [1.54, 1.807) is 12.1 Å². The van der Waals surface area contributed by atoms with Crippen LogP contribution in [0.15, 0.2) is 30.5 Å². The molecule has 1 aromatic carbocycles. The van der Waals surface area contributed by atoms with Crippen LogP contribution in [0, 0.1) is 0 Å². The number of alkyl halides is 3. The van der Waals surface area contributed by atoms with Gasteiger partial charge in [0.05, 0.1) is 6.04 Å². The van der Waals surface area contributed by atoms with Gasteiger partial charge >= 0.3 is 6.18 Å². The quantitative estimate of drug-likeness (QED) is 0.911. The number of carbonyl (C=O) groups excluding carboxylic acids is 1. The Bertz CT molecular complexity index is 740. The highest BCUT2D eigenvalue weighted by Crippen LogP contribution is 2.36. The van der Waals surface area contributed by atoms with Gasteiger partial charge in [-0.3, -0.25) is 9.48 Å². The molecule has 0 saturated heterocycles. The zero-order chi connectivity index (χ0) is 16.6. The number of halogens is 3. The summed E-state index contributed by atoms with van der Waals surface area (Å²) in [6.07, 6.45) is -2.11. The lowest BCUT2D eigenvalue weighted by Gasteiger charge is -2.14. The molecule has 3 rings (SSSR count). The number of benzene rings is 1. The Kier molecular flexibility index (Phi) is 3.75. The summed E-state index contributed by atoms with van der Waals surface area (Å²) in [6, 6.07) is 5.69. The molecular formula is C15H14F3N3O2. The monoisotopic (exact) mass is 325 g/mol. The van der Waals surface area contributed by atoms with Crippen molar-refractivity contribution in [3.05, 3.63) is 47.3 Å². The van der Waals surface area contributed by atoms with Crippen LogP contribution in [-0.4, -0.2) is 20.8 Å². The summed E-state index contributed by atoms with van der Waals surface area (Å²) in [5, 5.41) is 15.9. The van der Waals surface area contributed by atoms with Gasteiger partial charge < -0.3 is 10.4 Å². The van der Waals surface area contributed by atoms with E-state index in [9.17, 15) is 23.1 Å². The van der Waals surface area contributed by atoms with Crippen LogP contribution in [0.5, 0.6) is 5.75 Å². The van der Waals surface area contributed by atoms with Crippen molar-refractivity contribution in [1.29, 1.82) is 0 Å². The summed E-state index contributed by atoms with van der Waals surface area (Å²) in [7, 11) is 0. The molecule has 1 aliphatic rings. The third kappa shape index (κ3) is 3.15. The van der Waals surface area contributed by atoms with E-state index in [-0.39, 0.29) is 18.3 Å². The average molecular weight is 325 g/mol. The van der Waals surface area contributed by atoms with E-state index in [4.69, 9.17) is 0 Å². The van der Waals surface area contributed by atoms with Gasteiger partial charge in [0.2, 0.25) is 5.91 Å². The Balaban J connectivity index is 1.65. The van der Waals surface area contributed by atoms with E-state index in [0.29, 0.717) is 12.8 Å². The molecule has 1 aromatic heterocycles. The molecule has 122 valence electrons. The van der Waals surface area contributed by atoms with E-state index in [0.717, 1.165) is 28.1 Å². The van der Waals surface area contributed by atoms with Crippen molar-refractivity contribution in [2.45, 2.75) is 31.6 Å². The minimum absolute atomic E-state index is 0.196. The number of phenols is 1. The number of nitrogens with zero attached hydrogens (tertiary/aromatic N) is 2. The third-order valence-electron chi connectivity index (χ3n) is 3.82. The summed E-state index contributed by atoms with van der Waals surface area (Å²) >= 11 is 0. The SMILES string of the molecule is O=C(Cn1ccc(C(F)(F)F)n1)N[C@@H]1CCc2c(O)cccc21. The smallest absolute Gasteiger partial charge is 0.435 e. The van der Waals surface area contributed by atoms with Crippen molar-refractivity contribution < 1.29 is 23.1 Å². The van der Waals surface area contributed by atoms with Gasteiger partial charge in [0.1, 0.15) is 12.3 Å². The molecule has 0 aliphatic heterocycles. The molecule has 0 fully saturated rings. The molecule has 1 amide bonds. The van der Waals surface area contributed by atoms with Gasteiger partial charge in [0, 0.05) is 6.20 Å². The topological polar surface area (TPSA) is 67.2 Å².